The van der Waals surface area contributed by atoms with Crippen molar-refractivity contribution in [2.45, 2.75) is 6.92 Å². The molecule has 0 aromatic heterocycles. The van der Waals surface area contributed by atoms with E-state index in [2.05, 4.69) is 0 Å². The van der Waals surface area contributed by atoms with Gasteiger partial charge in [0.2, 0.25) is 0 Å². The number of thioether (sulfide) groups is 1. The average molecular weight is 146 g/mol. The predicted molar refractivity (Wildman–Crippen MR) is 39.8 cm³/mol. The molecule has 1 N–H and O–H groups in total. The molecule has 0 aliphatic heterocycles. The lowest BCUT2D eigenvalue weighted by Crippen LogP contribution is -1.90. The molecular formula is C6H10O2S. The maximum atomic E-state index is 10.00. The molecular weight excluding hydrogens is 136 g/mol. The maximum absolute atomic E-state index is 10.00. The molecule has 3 heteroatoms. The van der Waals surface area contributed by atoms with Gasteiger partial charge in [-0.15, -0.1) is 0 Å². The van der Waals surface area contributed by atoms with E-state index in [-0.39, 0.29) is 0 Å². The van der Waals surface area contributed by atoms with E-state index in [1.807, 2.05) is 13.2 Å². The van der Waals surface area contributed by atoms with E-state index in [4.69, 9.17) is 5.11 Å². The van der Waals surface area contributed by atoms with Crippen LogP contribution < -0.4 is 0 Å². The number of carbonyl (C=O) groups is 1. The average Bonchev–Trinajstić information content (AvgIpc) is 1.63. The van der Waals surface area contributed by atoms with Crippen LogP contribution in [0.4, 0.5) is 0 Å². The molecule has 0 radical (unpaired) electrons. The zero-order chi connectivity index (χ0) is 7.28. The minimum absolute atomic E-state index is 0.798. The smallest absolute Gasteiger partial charge is 0.328 e. The summed E-state index contributed by atoms with van der Waals surface area (Å²) in [5.41, 5.74) is 0.898. The lowest BCUT2D eigenvalue weighted by atomic mass is 10.3. The number of carboxylic acid groups (broad SMARTS) is 1. The second-order valence-electron chi connectivity index (χ2n) is 1.76. The number of hydrogen-bond acceptors (Lipinski definition) is 2. The van der Waals surface area contributed by atoms with Crippen LogP contribution in [-0.2, 0) is 4.79 Å². The molecule has 0 rings (SSSR count). The summed E-state index contributed by atoms with van der Waals surface area (Å²) in [7, 11) is 0. The summed E-state index contributed by atoms with van der Waals surface area (Å²) in [5.74, 6) is -0.0618. The van der Waals surface area contributed by atoms with Gasteiger partial charge in [-0.25, -0.2) is 4.79 Å². The van der Waals surface area contributed by atoms with Gasteiger partial charge in [-0.05, 0) is 13.2 Å². The molecule has 52 valence electrons. The van der Waals surface area contributed by atoms with E-state index in [1.54, 1.807) is 11.8 Å². The van der Waals surface area contributed by atoms with Crippen LogP contribution in [0.3, 0.4) is 0 Å². The monoisotopic (exact) mass is 146 g/mol. The molecule has 0 heterocycles. The third-order valence-corrected chi connectivity index (χ3v) is 1.49. The quantitative estimate of drug-likeness (QED) is 0.611. The highest BCUT2D eigenvalue weighted by Crippen LogP contribution is 2.01. The van der Waals surface area contributed by atoms with E-state index < -0.39 is 5.97 Å². The van der Waals surface area contributed by atoms with E-state index in [0.717, 1.165) is 11.3 Å². The van der Waals surface area contributed by atoms with Crippen LogP contribution in [0, 0.1) is 0 Å². The van der Waals surface area contributed by atoms with E-state index in [1.165, 1.54) is 6.08 Å². The van der Waals surface area contributed by atoms with Crippen molar-refractivity contribution in [1.82, 2.24) is 0 Å². The fourth-order valence-corrected chi connectivity index (χ4v) is 1.02. The molecule has 0 aliphatic carbocycles. The summed E-state index contributed by atoms with van der Waals surface area (Å²) in [5, 5.41) is 8.22. The summed E-state index contributed by atoms with van der Waals surface area (Å²) in [4.78, 5) is 10.00. The third-order valence-electron chi connectivity index (χ3n) is 0.742. The lowest BCUT2D eigenvalue weighted by Gasteiger charge is -1.92. The Hall–Kier alpha value is -0.440. The Balaban J connectivity index is 3.69. The predicted octanol–water partition coefficient (Wildman–Crippen LogP) is 1.38. The van der Waals surface area contributed by atoms with Crippen LogP contribution in [0.5, 0.6) is 0 Å². The number of aliphatic carboxylic acids is 1. The van der Waals surface area contributed by atoms with Crippen LogP contribution in [0.15, 0.2) is 11.6 Å². The number of rotatable bonds is 3. The first-order chi connectivity index (χ1) is 4.16. The van der Waals surface area contributed by atoms with Crippen molar-refractivity contribution in [3.8, 4) is 0 Å². The van der Waals surface area contributed by atoms with Gasteiger partial charge in [-0.3, -0.25) is 0 Å². The van der Waals surface area contributed by atoms with E-state index in [0.29, 0.717) is 0 Å². The normalized spacial score (nSPS) is 11.6. The van der Waals surface area contributed by atoms with Gasteiger partial charge in [-0.1, -0.05) is 5.57 Å². The molecule has 9 heavy (non-hydrogen) atoms. The molecule has 0 bridgehead atoms. The Morgan fingerprint density at radius 1 is 1.78 bits per heavy atom. The van der Waals surface area contributed by atoms with Gasteiger partial charge in [0.05, 0.1) is 0 Å². The van der Waals surface area contributed by atoms with Gasteiger partial charge in [0.1, 0.15) is 0 Å². The molecule has 0 aromatic carbocycles. The zero-order valence-electron chi connectivity index (χ0n) is 5.55. The molecule has 0 atom stereocenters. The van der Waals surface area contributed by atoms with Gasteiger partial charge >= 0.3 is 5.97 Å². The Morgan fingerprint density at radius 2 is 2.33 bits per heavy atom. The van der Waals surface area contributed by atoms with Crippen LogP contribution in [0.25, 0.3) is 0 Å². The first-order valence-corrected chi connectivity index (χ1v) is 3.95. The topological polar surface area (TPSA) is 37.3 Å². The number of hydrogen-bond donors (Lipinski definition) is 1. The fourth-order valence-electron chi connectivity index (χ4n) is 0.480. The van der Waals surface area contributed by atoms with Crippen molar-refractivity contribution >= 4 is 17.7 Å². The van der Waals surface area contributed by atoms with Crippen molar-refractivity contribution in [1.29, 1.82) is 0 Å². The van der Waals surface area contributed by atoms with Gasteiger partial charge in [0.25, 0.3) is 0 Å². The minimum atomic E-state index is -0.860. The Kier molecular flexibility index (Phi) is 4.22. The largest absolute Gasteiger partial charge is 0.478 e. The van der Waals surface area contributed by atoms with Gasteiger partial charge in [-0.2, -0.15) is 11.8 Å². The minimum Gasteiger partial charge on any atom is -0.478 e. The summed E-state index contributed by atoms with van der Waals surface area (Å²) in [6.45, 7) is 1.81. The van der Waals surface area contributed by atoms with Crippen molar-refractivity contribution in [3.05, 3.63) is 11.6 Å². The highest BCUT2D eigenvalue weighted by Gasteiger charge is 1.90. The van der Waals surface area contributed by atoms with Crippen molar-refractivity contribution in [3.63, 3.8) is 0 Å². The Labute approximate surface area is 59.0 Å². The van der Waals surface area contributed by atoms with Crippen molar-refractivity contribution in [2.75, 3.05) is 12.0 Å². The first kappa shape index (κ1) is 8.56. The van der Waals surface area contributed by atoms with Crippen LogP contribution in [0.1, 0.15) is 6.92 Å². The molecule has 0 saturated heterocycles. The Morgan fingerprint density at radius 3 is 2.67 bits per heavy atom. The molecule has 2 nitrogen and oxygen atoms in total. The number of carboxylic acids is 1. The highest BCUT2D eigenvalue weighted by molar-refractivity contribution is 7.98. The Bertz CT molecular complexity index is 129. The van der Waals surface area contributed by atoms with Crippen molar-refractivity contribution < 1.29 is 9.90 Å². The summed E-state index contributed by atoms with van der Waals surface area (Å²) >= 11 is 1.62. The van der Waals surface area contributed by atoms with Crippen LogP contribution in [-0.4, -0.2) is 23.1 Å². The summed E-state index contributed by atoms with van der Waals surface area (Å²) < 4.78 is 0. The fraction of sp³-hybridized carbons (Fsp3) is 0.500. The molecule has 0 fully saturated rings. The van der Waals surface area contributed by atoms with Crippen molar-refractivity contribution in [2.24, 2.45) is 0 Å². The standard InChI is InChI=1S/C6H10O2S/c1-5(4-9-2)3-6(7)8/h3H,4H2,1-2H3,(H,7,8)/b5-3+. The molecule has 0 spiro atoms. The van der Waals surface area contributed by atoms with Gasteiger partial charge < -0.3 is 5.11 Å². The van der Waals surface area contributed by atoms with E-state index in [9.17, 15) is 4.79 Å². The lowest BCUT2D eigenvalue weighted by molar-refractivity contribution is -0.131. The third kappa shape index (κ3) is 5.43. The molecule has 0 aromatic rings. The van der Waals surface area contributed by atoms with E-state index >= 15 is 0 Å². The van der Waals surface area contributed by atoms with Gasteiger partial charge in [0, 0.05) is 11.8 Å². The molecule has 0 unspecified atom stereocenters. The van der Waals surface area contributed by atoms with Crippen LogP contribution >= 0.6 is 11.8 Å². The second-order valence-corrected chi connectivity index (χ2v) is 2.63. The first-order valence-electron chi connectivity index (χ1n) is 2.56. The molecule has 0 amide bonds. The SMILES string of the molecule is CSC/C(C)=C/C(=O)O. The zero-order valence-corrected chi connectivity index (χ0v) is 6.36. The summed E-state index contributed by atoms with van der Waals surface area (Å²) in [6, 6.07) is 0. The molecule has 0 aliphatic rings. The molecule has 0 saturated carbocycles. The second kappa shape index (κ2) is 4.44. The summed E-state index contributed by atoms with van der Waals surface area (Å²) in [6.07, 6.45) is 3.18. The van der Waals surface area contributed by atoms with Gasteiger partial charge in [0.15, 0.2) is 0 Å². The van der Waals surface area contributed by atoms with Crippen LogP contribution in [0.2, 0.25) is 0 Å². The maximum Gasteiger partial charge on any atom is 0.328 e. The highest BCUT2D eigenvalue weighted by atomic mass is 32.2.